The number of rotatable bonds is 4. The number of H-pyrrole nitrogens is 1. The van der Waals surface area contributed by atoms with E-state index in [1.807, 2.05) is 51.1 Å². The Morgan fingerprint density at radius 2 is 1.90 bits per heavy atom. The van der Waals surface area contributed by atoms with Crippen molar-refractivity contribution in [1.82, 2.24) is 24.9 Å². The molecule has 0 saturated heterocycles. The fraction of sp³-hybridized carbons (Fsp3) is 0.182. The Morgan fingerprint density at radius 3 is 2.62 bits per heavy atom. The van der Waals surface area contributed by atoms with E-state index in [0.717, 1.165) is 22.4 Å². The van der Waals surface area contributed by atoms with Gasteiger partial charge in [-0.1, -0.05) is 24.3 Å². The quantitative estimate of drug-likeness (QED) is 0.563. The summed E-state index contributed by atoms with van der Waals surface area (Å²) < 4.78 is 1.28. The first kappa shape index (κ1) is 18.6. The molecule has 4 aromatic rings. The second-order valence-corrected chi connectivity index (χ2v) is 7.15. The van der Waals surface area contributed by atoms with E-state index in [1.54, 1.807) is 18.5 Å². The van der Waals surface area contributed by atoms with E-state index in [-0.39, 0.29) is 5.56 Å². The Kier molecular flexibility index (Phi) is 4.72. The minimum Gasteiger partial charge on any atom is -0.341 e. The van der Waals surface area contributed by atoms with Gasteiger partial charge in [0.25, 0.3) is 11.5 Å². The van der Waals surface area contributed by atoms with Crippen molar-refractivity contribution in [3.05, 3.63) is 98.9 Å². The molecule has 1 amide bonds. The van der Waals surface area contributed by atoms with Gasteiger partial charge >= 0.3 is 0 Å². The summed E-state index contributed by atoms with van der Waals surface area (Å²) in [5.41, 5.74) is 4.83. The highest BCUT2D eigenvalue weighted by Crippen LogP contribution is 2.24. The molecular weight excluding hydrogens is 366 g/mol. The van der Waals surface area contributed by atoms with Crippen LogP contribution >= 0.6 is 0 Å². The zero-order valence-corrected chi connectivity index (χ0v) is 16.4. The number of benzene rings is 1. The molecule has 0 radical (unpaired) electrons. The van der Waals surface area contributed by atoms with Crippen LogP contribution in [0.1, 0.15) is 44.3 Å². The topological polar surface area (TPSA) is 92.2 Å². The minimum absolute atomic E-state index is 0.0259. The summed E-state index contributed by atoms with van der Waals surface area (Å²) in [5.74, 6) is -0.490. The fourth-order valence-corrected chi connectivity index (χ4v) is 3.29. The van der Waals surface area contributed by atoms with Crippen LogP contribution in [0.2, 0.25) is 0 Å². The lowest BCUT2D eigenvalue weighted by Crippen LogP contribution is -2.34. The van der Waals surface area contributed by atoms with Crippen LogP contribution in [0.15, 0.2) is 59.8 Å². The van der Waals surface area contributed by atoms with Gasteiger partial charge in [0, 0.05) is 30.4 Å². The average molecular weight is 387 g/mol. The minimum atomic E-state index is -0.490. The largest absolute Gasteiger partial charge is 0.341 e. The third-order valence-electron chi connectivity index (χ3n) is 5.02. The number of hydrogen-bond acceptors (Lipinski definition) is 4. The Hall–Kier alpha value is -3.74. The van der Waals surface area contributed by atoms with Crippen LogP contribution in [0.3, 0.4) is 0 Å². The summed E-state index contributed by atoms with van der Waals surface area (Å²) in [5, 5.41) is 5.88. The highest BCUT2D eigenvalue weighted by atomic mass is 16.2. The average Bonchev–Trinajstić information content (AvgIpc) is 3.10. The first-order valence-electron chi connectivity index (χ1n) is 9.29. The standard InChI is InChI=1S/C22H21N5O2/c1-13-6-7-16(9-14(13)2)20(17-5-4-8-23-11-17)25-21(28)18-12-24-19-10-15(3)26-27(19)22(18)29/h4-12,20,26H,1-3H3,(H,25,28). The molecule has 1 aromatic carbocycles. The lowest BCUT2D eigenvalue weighted by atomic mass is 9.96. The second-order valence-electron chi connectivity index (χ2n) is 7.15. The molecule has 0 bridgehead atoms. The molecule has 1 atom stereocenters. The summed E-state index contributed by atoms with van der Waals surface area (Å²) in [4.78, 5) is 34.2. The van der Waals surface area contributed by atoms with Crippen molar-refractivity contribution in [1.29, 1.82) is 0 Å². The normalized spacial score (nSPS) is 12.1. The maximum atomic E-state index is 13.0. The Labute approximate surface area is 167 Å². The van der Waals surface area contributed by atoms with Gasteiger partial charge in [-0.3, -0.25) is 19.7 Å². The summed E-state index contributed by atoms with van der Waals surface area (Å²) in [6, 6.07) is 11.1. The van der Waals surface area contributed by atoms with Crippen LogP contribution in [0.25, 0.3) is 5.65 Å². The summed E-state index contributed by atoms with van der Waals surface area (Å²) in [6.45, 7) is 5.89. The van der Waals surface area contributed by atoms with Crippen molar-refractivity contribution in [2.24, 2.45) is 0 Å². The van der Waals surface area contributed by atoms with Crippen molar-refractivity contribution < 1.29 is 4.79 Å². The molecule has 0 spiro atoms. The van der Waals surface area contributed by atoms with Crippen LogP contribution in [0.4, 0.5) is 0 Å². The van der Waals surface area contributed by atoms with Crippen molar-refractivity contribution in [2.45, 2.75) is 26.8 Å². The molecule has 7 nitrogen and oxygen atoms in total. The molecule has 0 aliphatic carbocycles. The molecule has 0 saturated carbocycles. The van der Waals surface area contributed by atoms with Crippen molar-refractivity contribution in [2.75, 3.05) is 0 Å². The Balaban J connectivity index is 1.74. The van der Waals surface area contributed by atoms with Gasteiger partial charge in [-0.2, -0.15) is 0 Å². The van der Waals surface area contributed by atoms with Crippen LogP contribution < -0.4 is 10.9 Å². The van der Waals surface area contributed by atoms with Crippen LogP contribution in [0, 0.1) is 20.8 Å². The third kappa shape index (κ3) is 3.54. The van der Waals surface area contributed by atoms with Crippen molar-refractivity contribution >= 4 is 11.6 Å². The maximum Gasteiger partial charge on any atom is 0.285 e. The maximum absolute atomic E-state index is 13.0. The third-order valence-corrected chi connectivity index (χ3v) is 5.02. The number of amides is 1. The van der Waals surface area contributed by atoms with Crippen molar-refractivity contribution in [3.8, 4) is 0 Å². The number of aromatic amines is 1. The van der Waals surface area contributed by atoms with Gasteiger partial charge in [-0.05, 0) is 49.1 Å². The van der Waals surface area contributed by atoms with Gasteiger partial charge in [0.2, 0.25) is 0 Å². The number of pyridine rings is 1. The monoisotopic (exact) mass is 387 g/mol. The number of hydrogen-bond donors (Lipinski definition) is 2. The zero-order valence-electron chi connectivity index (χ0n) is 16.4. The lowest BCUT2D eigenvalue weighted by Gasteiger charge is -2.20. The van der Waals surface area contributed by atoms with E-state index in [0.29, 0.717) is 5.65 Å². The molecular formula is C22H21N5O2. The van der Waals surface area contributed by atoms with Crippen LogP contribution in [-0.4, -0.2) is 25.5 Å². The molecule has 1 unspecified atom stereocenters. The highest BCUT2D eigenvalue weighted by molar-refractivity contribution is 5.94. The number of fused-ring (bicyclic) bond motifs is 1. The molecule has 3 heterocycles. The lowest BCUT2D eigenvalue weighted by molar-refractivity contribution is 0.0940. The number of carbonyl (C=O) groups is 1. The predicted octanol–water partition coefficient (Wildman–Crippen LogP) is 2.86. The van der Waals surface area contributed by atoms with Gasteiger partial charge in [0.05, 0.1) is 6.04 Å². The molecule has 7 heteroatoms. The molecule has 146 valence electrons. The zero-order chi connectivity index (χ0) is 20.5. The molecule has 4 rings (SSSR count). The van der Waals surface area contributed by atoms with Crippen molar-refractivity contribution in [3.63, 3.8) is 0 Å². The van der Waals surface area contributed by atoms with Gasteiger partial charge in [0.1, 0.15) is 5.56 Å². The fourth-order valence-electron chi connectivity index (χ4n) is 3.29. The van der Waals surface area contributed by atoms with E-state index < -0.39 is 17.5 Å². The second kappa shape index (κ2) is 7.35. The summed E-state index contributed by atoms with van der Waals surface area (Å²) >= 11 is 0. The predicted molar refractivity (Wildman–Crippen MR) is 110 cm³/mol. The first-order valence-corrected chi connectivity index (χ1v) is 9.29. The number of aryl methyl sites for hydroxylation is 3. The SMILES string of the molecule is Cc1cc2ncc(C(=O)NC(c3cccnc3)c3ccc(C)c(C)c3)c(=O)n2[nH]1. The van der Waals surface area contributed by atoms with Gasteiger partial charge in [0.15, 0.2) is 5.65 Å². The van der Waals surface area contributed by atoms with E-state index in [2.05, 4.69) is 20.4 Å². The Bertz CT molecular complexity index is 1260. The first-order chi connectivity index (χ1) is 13.9. The highest BCUT2D eigenvalue weighted by Gasteiger charge is 2.21. The number of carbonyl (C=O) groups excluding carboxylic acids is 1. The molecule has 3 aromatic heterocycles. The van der Waals surface area contributed by atoms with Gasteiger partial charge < -0.3 is 5.32 Å². The van der Waals surface area contributed by atoms with Crippen LogP contribution in [-0.2, 0) is 0 Å². The molecule has 0 fully saturated rings. The van der Waals surface area contributed by atoms with E-state index in [4.69, 9.17) is 0 Å². The van der Waals surface area contributed by atoms with Gasteiger partial charge in [-0.25, -0.2) is 9.50 Å². The van der Waals surface area contributed by atoms with E-state index in [9.17, 15) is 9.59 Å². The summed E-state index contributed by atoms with van der Waals surface area (Å²) in [6.07, 6.45) is 4.71. The number of aromatic nitrogens is 4. The van der Waals surface area contributed by atoms with E-state index >= 15 is 0 Å². The Morgan fingerprint density at radius 1 is 1.07 bits per heavy atom. The van der Waals surface area contributed by atoms with E-state index in [1.165, 1.54) is 16.3 Å². The van der Waals surface area contributed by atoms with Gasteiger partial charge in [-0.15, -0.1) is 0 Å². The smallest absolute Gasteiger partial charge is 0.285 e. The molecule has 2 N–H and O–H groups in total. The molecule has 29 heavy (non-hydrogen) atoms. The summed E-state index contributed by atoms with van der Waals surface area (Å²) in [7, 11) is 0. The number of nitrogens with zero attached hydrogens (tertiary/aromatic N) is 3. The molecule has 0 aliphatic rings. The number of nitrogens with one attached hydrogen (secondary N) is 2. The molecule has 0 aliphatic heterocycles. The van der Waals surface area contributed by atoms with Crippen LogP contribution in [0.5, 0.6) is 0 Å².